The number of ether oxygens (including phenoxy) is 1. The number of nitrogens with two attached hydrogens (primary N) is 1. The molecular formula is C9H15NO4. The number of aliphatic carboxylic acids is 1. The standard InChI is InChI=1S/C9H15NO4/c1-3-7(6(2)10)14-9(13)5-4-8(11)12/h4-7H,3,10H2,1-2H3,(H,11,12)/b5-4-. The number of hydrogen-bond acceptors (Lipinski definition) is 4. The molecule has 0 amide bonds. The smallest absolute Gasteiger partial charge is 0.331 e. The van der Waals surface area contributed by atoms with Crippen LogP contribution in [0.1, 0.15) is 20.3 Å². The predicted octanol–water partition coefficient (Wildman–Crippen LogP) is 0.296. The minimum absolute atomic E-state index is 0.262. The van der Waals surface area contributed by atoms with E-state index in [9.17, 15) is 9.59 Å². The van der Waals surface area contributed by atoms with Gasteiger partial charge < -0.3 is 15.6 Å². The van der Waals surface area contributed by atoms with Crippen molar-refractivity contribution in [2.45, 2.75) is 32.4 Å². The van der Waals surface area contributed by atoms with E-state index in [1.165, 1.54) is 0 Å². The molecule has 0 heterocycles. The third kappa shape index (κ3) is 5.31. The van der Waals surface area contributed by atoms with Crippen LogP contribution in [0.5, 0.6) is 0 Å². The zero-order chi connectivity index (χ0) is 11.1. The van der Waals surface area contributed by atoms with Crippen LogP contribution in [-0.2, 0) is 14.3 Å². The molecule has 80 valence electrons. The maximum Gasteiger partial charge on any atom is 0.331 e. The van der Waals surface area contributed by atoms with E-state index in [4.69, 9.17) is 15.6 Å². The highest BCUT2D eigenvalue weighted by molar-refractivity contribution is 5.90. The van der Waals surface area contributed by atoms with Gasteiger partial charge in [-0.1, -0.05) is 6.92 Å². The van der Waals surface area contributed by atoms with Gasteiger partial charge in [0.25, 0.3) is 0 Å². The molecule has 0 radical (unpaired) electrons. The molecule has 0 saturated heterocycles. The van der Waals surface area contributed by atoms with Crippen molar-refractivity contribution >= 4 is 11.9 Å². The van der Waals surface area contributed by atoms with Gasteiger partial charge in [0, 0.05) is 18.2 Å². The fourth-order valence-electron chi connectivity index (χ4n) is 0.890. The second-order valence-corrected chi connectivity index (χ2v) is 2.91. The van der Waals surface area contributed by atoms with Crippen LogP contribution in [0.15, 0.2) is 12.2 Å². The van der Waals surface area contributed by atoms with Crippen LogP contribution in [0.25, 0.3) is 0 Å². The number of rotatable bonds is 5. The van der Waals surface area contributed by atoms with Crippen molar-refractivity contribution in [2.24, 2.45) is 5.73 Å². The van der Waals surface area contributed by atoms with Gasteiger partial charge in [-0.3, -0.25) is 0 Å². The minimum Gasteiger partial charge on any atom is -0.478 e. The van der Waals surface area contributed by atoms with Gasteiger partial charge in [0.1, 0.15) is 6.10 Å². The highest BCUT2D eigenvalue weighted by atomic mass is 16.5. The van der Waals surface area contributed by atoms with Crippen LogP contribution in [0.4, 0.5) is 0 Å². The summed E-state index contributed by atoms with van der Waals surface area (Å²) in [6.45, 7) is 3.56. The second-order valence-electron chi connectivity index (χ2n) is 2.91. The molecule has 5 heteroatoms. The quantitative estimate of drug-likeness (QED) is 0.493. The van der Waals surface area contributed by atoms with Gasteiger partial charge in [-0.25, -0.2) is 9.59 Å². The molecule has 0 aromatic rings. The van der Waals surface area contributed by atoms with Crippen molar-refractivity contribution < 1.29 is 19.4 Å². The lowest BCUT2D eigenvalue weighted by molar-refractivity contribution is -0.144. The molecule has 5 nitrogen and oxygen atoms in total. The maximum absolute atomic E-state index is 11.0. The van der Waals surface area contributed by atoms with Crippen molar-refractivity contribution in [1.29, 1.82) is 0 Å². The van der Waals surface area contributed by atoms with Crippen molar-refractivity contribution in [2.75, 3.05) is 0 Å². The first-order valence-corrected chi connectivity index (χ1v) is 4.34. The van der Waals surface area contributed by atoms with Crippen LogP contribution in [0.2, 0.25) is 0 Å². The second kappa shape index (κ2) is 6.15. The Labute approximate surface area is 82.5 Å². The summed E-state index contributed by atoms with van der Waals surface area (Å²) in [6.07, 6.45) is 1.83. The number of carboxylic acids is 1. The summed E-state index contributed by atoms with van der Waals surface area (Å²) >= 11 is 0. The van der Waals surface area contributed by atoms with E-state index in [0.717, 1.165) is 12.2 Å². The highest BCUT2D eigenvalue weighted by Crippen LogP contribution is 2.02. The minimum atomic E-state index is -1.18. The van der Waals surface area contributed by atoms with E-state index in [1.807, 2.05) is 6.92 Å². The number of carboxylic acid groups (broad SMARTS) is 1. The maximum atomic E-state index is 11.0. The van der Waals surface area contributed by atoms with Crippen LogP contribution in [0, 0.1) is 0 Å². The number of hydrogen-bond donors (Lipinski definition) is 2. The summed E-state index contributed by atoms with van der Waals surface area (Å²) in [5.74, 6) is -1.87. The van der Waals surface area contributed by atoms with E-state index in [2.05, 4.69) is 0 Å². The normalized spacial score (nSPS) is 15.1. The molecule has 3 N–H and O–H groups in total. The average Bonchev–Trinajstić information content (AvgIpc) is 2.10. The van der Waals surface area contributed by atoms with Gasteiger partial charge in [-0.15, -0.1) is 0 Å². The van der Waals surface area contributed by atoms with Crippen LogP contribution >= 0.6 is 0 Å². The molecule has 0 saturated carbocycles. The Morgan fingerprint density at radius 2 is 2.07 bits per heavy atom. The Morgan fingerprint density at radius 3 is 2.43 bits per heavy atom. The Balaban J connectivity index is 4.10. The SMILES string of the molecule is CCC(OC(=O)/C=C\C(=O)O)C(C)N. The molecule has 0 aromatic heterocycles. The molecule has 2 atom stereocenters. The third-order valence-electron chi connectivity index (χ3n) is 1.62. The fourth-order valence-corrected chi connectivity index (χ4v) is 0.890. The fraction of sp³-hybridized carbons (Fsp3) is 0.556. The largest absolute Gasteiger partial charge is 0.478 e. The number of carbonyl (C=O) groups is 2. The summed E-state index contributed by atoms with van der Waals surface area (Å²) in [6, 6.07) is -0.262. The lowest BCUT2D eigenvalue weighted by Crippen LogP contribution is -2.34. The average molecular weight is 201 g/mol. The van der Waals surface area contributed by atoms with Crippen molar-refractivity contribution in [3.63, 3.8) is 0 Å². The first-order valence-electron chi connectivity index (χ1n) is 4.34. The van der Waals surface area contributed by atoms with E-state index in [1.54, 1.807) is 6.92 Å². The van der Waals surface area contributed by atoms with Gasteiger partial charge in [-0.05, 0) is 13.3 Å². The third-order valence-corrected chi connectivity index (χ3v) is 1.62. The lowest BCUT2D eigenvalue weighted by atomic mass is 10.1. The zero-order valence-electron chi connectivity index (χ0n) is 8.27. The summed E-state index contributed by atoms with van der Waals surface area (Å²) in [4.78, 5) is 21.1. The van der Waals surface area contributed by atoms with Gasteiger partial charge >= 0.3 is 11.9 Å². The molecule has 0 spiro atoms. The molecule has 0 aliphatic carbocycles. The van der Waals surface area contributed by atoms with E-state index < -0.39 is 11.9 Å². The molecule has 2 unspecified atom stereocenters. The van der Waals surface area contributed by atoms with Crippen LogP contribution < -0.4 is 5.73 Å². The van der Waals surface area contributed by atoms with Gasteiger partial charge in [0.05, 0.1) is 0 Å². The molecular weight excluding hydrogens is 186 g/mol. The van der Waals surface area contributed by atoms with Crippen molar-refractivity contribution in [3.8, 4) is 0 Å². The highest BCUT2D eigenvalue weighted by Gasteiger charge is 2.14. The Kier molecular flexibility index (Phi) is 5.55. The first-order chi connectivity index (χ1) is 6.47. The summed E-state index contributed by atoms with van der Waals surface area (Å²) in [7, 11) is 0. The van der Waals surface area contributed by atoms with E-state index >= 15 is 0 Å². The Morgan fingerprint density at radius 1 is 1.50 bits per heavy atom. The number of carbonyl (C=O) groups excluding carboxylic acids is 1. The molecule has 0 bridgehead atoms. The number of esters is 1. The molecule has 14 heavy (non-hydrogen) atoms. The molecule has 0 aromatic carbocycles. The molecule has 0 rings (SSSR count). The first kappa shape index (κ1) is 12.6. The summed E-state index contributed by atoms with van der Waals surface area (Å²) < 4.78 is 4.90. The van der Waals surface area contributed by atoms with E-state index in [-0.39, 0.29) is 12.1 Å². The van der Waals surface area contributed by atoms with Gasteiger partial charge in [-0.2, -0.15) is 0 Å². The summed E-state index contributed by atoms with van der Waals surface area (Å²) in [5, 5.41) is 8.24. The molecule has 0 aliphatic heterocycles. The Hall–Kier alpha value is -1.36. The van der Waals surface area contributed by atoms with Crippen molar-refractivity contribution in [3.05, 3.63) is 12.2 Å². The van der Waals surface area contributed by atoms with Gasteiger partial charge in [0.2, 0.25) is 0 Å². The topological polar surface area (TPSA) is 89.6 Å². The van der Waals surface area contributed by atoms with E-state index in [0.29, 0.717) is 6.42 Å². The lowest BCUT2D eigenvalue weighted by Gasteiger charge is -2.18. The van der Waals surface area contributed by atoms with Crippen LogP contribution in [0.3, 0.4) is 0 Å². The zero-order valence-corrected chi connectivity index (χ0v) is 8.27. The molecule has 0 fully saturated rings. The van der Waals surface area contributed by atoms with Crippen molar-refractivity contribution in [1.82, 2.24) is 0 Å². The Bertz CT molecular complexity index is 235. The molecule has 0 aliphatic rings. The summed E-state index contributed by atoms with van der Waals surface area (Å²) in [5.41, 5.74) is 5.53. The van der Waals surface area contributed by atoms with Crippen LogP contribution in [-0.4, -0.2) is 29.2 Å². The van der Waals surface area contributed by atoms with Gasteiger partial charge in [0.15, 0.2) is 0 Å². The predicted molar refractivity (Wildman–Crippen MR) is 50.6 cm³/mol. The monoisotopic (exact) mass is 201 g/mol.